The zero-order valence-corrected chi connectivity index (χ0v) is 17.2. The summed E-state index contributed by atoms with van der Waals surface area (Å²) in [4.78, 5) is 14.5. The monoisotopic (exact) mass is 426 g/mol. The Morgan fingerprint density at radius 3 is 2.62 bits per heavy atom. The third kappa shape index (κ3) is 4.10. The number of aliphatic hydroxyl groups excluding tert-OH is 1. The fourth-order valence-electron chi connectivity index (χ4n) is 3.59. The van der Waals surface area contributed by atoms with Crippen molar-refractivity contribution >= 4 is 40.5 Å². The van der Waals surface area contributed by atoms with Crippen molar-refractivity contribution in [2.45, 2.75) is 6.42 Å². The Labute approximate surface area is 179 Å². The molecule has 0 radical (unpaired) electrons. The maximum atomic E-state index is 12.2. The number of carbonyl (C=O) groups is 1. The smallest absolute Gasteiger partial charge is 0.251 e. The van der Waals surface area contributed by atoms with E-state index < -0.39 is 0 Å². The Kier molecular flexibility index (Phi) is 5.76. The summed E-state index contributed by atoms with van der Waals surface area (Å²) in [6.45, 7) is 1.03. The van der Waals surface area contributed by atoms with Gasteiger partial charge in [0.05, 0.1) is 16.7 Å². The van der Waals surface area contributed by atoms with Crippen LogP contribution in [0.4, 0.5) is 11.4 Å². The van der Waals surface area contributed by atoms with Crippen LogP contribution in [0.25, 0.3) is 11.1 Å². The molecule has 0 unspecified atom stereocenters. The van der Waals surface area contributed by atoms with E-state index in [1.165, 1.54) is 5.56 Å². The lowest BCUT2D eigenvalue weighted by molar-refractivity contribution is 0.0945. The highest BCUT2D eigenvalue weighted by Crippen LogP contribution is 2.39. The van der Waals surface area contributed by atoms with Crippen LogP contribution in [-0.4, -0.2) is 30.7 Å². The second-order valence-corrected chi connectivity index (χ2v) is 7.72. The van der Waals surface area contributed by atoms with Gasteiger partial charge in [-0.25, -0.2) is 0 Å². The zero-order valence-electron chi connectivity index (χ0n) is 15.7. The van der Waals surface area contributed by atoms with Crippen molar-refractivity contribution in [3.63, 3.8) is 0 Å². The topological polar surface area (TPSA) is 52.6 Å². The molecule has 3 aromatic carbocycles. The quantitative estimate of drug-likeness (QED) is 0.598. The number of fused-ring (bicyclic) bond motifs is 1. The van der Waals surface area contributed by atoms with Gasteiger partial charge in [-0.2, -0.15) is 0 Å². The second kappa shape index (κ2) is 8.46. The molecule has 29 heavy (non-hydrogen) atoms. The molecule has 0 fully saturated rings. The molecule has 0 aromatic heterocycles. The number of hydrogen-bond acceptors (Lipinski definition) is 3. The van der Waals surface area contributed by atoms with Gasteiger partial charge in [-0.3, -0.25) is 4.79 Å². The predicted molar refractivity (Wildman–Crippen MR) is 118 cm³/mol. The molecule has 2 N–H and O–H groups in total. The molecule has 148 valence electrons. The van der Waals surface area contributed by atoms with Gasteiger partial charge in [0.15, 0.2) is 0 Å². The van der Waals surface area contributed by atoms with Crippen LogP contribution in [0, 0.1) is 0 Å². The first-order valence-electron chi connectivity index (χ1n) is 9.42. The molecule has 6 heteroatoms. The molecule has 1 heterocycles. The molecular weight excluding hydrogens is 407 g/mol. The number of amides is 1. The highest BCUT2D eigenvalue weighted by molar-refractivity contribution is 6.42. The van der Waals surface area contributed by atoms with Gasteiger partial charge in [0.2, 0.25) is 0 Å². The van der Waals surface area contributed by atoms with Crippen molar-refractivity contribution in [3.05, 3.63) is 81.8 Å². The molecular formula is C23H20Cl2N2O2. The number of hydrogen-bond donors (Lipinski definition) is 2. The van der Waals surface area contributed by atoms with E-state index in [1.807, 2.05) is 36.4 Å². The summed E-state index contributed by atoms with van der Waals surface area (Å²) in [5.41, 5.74) is 5.98. The molecule has 0 atom stereocenters. The summed E-state index contributed by atoms with van der Waals surface area (Å²) in [6.07, 6.45) is 0.958. The van der Waals surface area contributed by atoms with E-state index in [0.29, 0.717) is 15.6 Å². The summed E-state index contributed by atoms with van der Waals surface area (Å²) >= 11 is 12.3. The minimum atomic E-state index is -0.195. The third-order valence-corrected chi connectivity index (χ3v) is 5.79. The van der Waals surface area contributed by atoms with E-state index in [0.717, 1.165) is 35.5 Å². The van der Waals surface area contributed by atoms with Crippen LogP contribution in [0.3, 0.4) is 0 Å². The number of nitrogens with zero attached hydrogens (tertiary/aromatic N) is 1. The summed E-state index contributed by atoms with van der Waals surface area (Å²) in [5, 5.41) is 12.7. The van der Waals surface area contributed by atoms with E-state index >= 15 is 0 Å². The van der Waals surface area contributed by atoms with Crippen molar-refractivity contribution in [2.75, 3.05) is 24.6 Å². The largest absolute Gasteiger partial charge is 0.395 e. The number of nitrogens with one attached hydrogen (secondary N) is 1. The maximum absolute atomic E-state index is 12.2. The minimum absolute atomic E-state index is 0.0825. The highest BCUT2D eigenvalue weighted by atomic mass is 35.5. The first-order chi connectivity index (χ1) is 14.1. The lowest BCUT2D eigenvalue weighted by Crippen LogP contribution is -2.26. The number of halogens is 2. The van der Waals surface area contributed by atoms with Gasteiger partial charge in [-0.15, -0.1) is 0 Å². The lowest BCUT2D eigenvalue weighted by atomic mass is 10.00. The molecule has 1 amide bonds. The van der Waals surface area contributed by atoms with Crippen LogP contribution < -0.4 is 10.2 Å². The average Bonchev–Trinajstić information content (AvgIpc) is 3.17. The van der Waals surface area contributed by atoms with Gasteiger partial charge in [0.1, 0.15) is 0 Å². The van der Waals surface area contributed by atoms with Gasteiger partial charge in [0.25, 0.3) is 5.91 Å². The molecule has 0 aliphatic carbocycles. The molecule has 3 aromatic rings. The van der Waals surface area contributed by atoms with Gasteiger partial charge in [0, 0.05) is 30.0 Å². The molecule has 0 saturated carbocycles. The van der Waals surface area contributed by atoms with E-state index in [9.17, 15) is 4.79 Å². The van der Waals surface area contributed by atoms with Crippen molar-refractivity contribution in [2.24, 2.45) is 0 Å². The van der Waals surface area contributed by atoms with Crippen LogP contribution in [0.5, 0.6) is 0 Å². The molecule has 0 saturated heterocycles. The van der Waals surface area contributed by atoms with E-state index in [1.54, 1.807) is 6.07 Å². The van der Waals surface area contributed by atoms with Gasteiger partial charge in [-0.05, 0) is 59.5 Å². The molecule has 0 spiro atoms. The summed E-state index contributed by atoms with van der Waals surface area (Å²) in [6, 6.07) is 19.5. The molecule has 4 rings (SSSR count). The standard InChI is InChI=1S/C23H20Cl2N2O2/c24-20-7-6-19(14-21(20)25)27-10-8-15-4-5-17(13-22(15)27)16-2-1-3-18(12-16)23(29)26-9-11-28/h1-7,12-14,28H,8-11H2,(H,26,29). The van der Waals surface area contributed by atoms with E-state index in [-0.39, 0.29) is 19.1 Å². The molecule has 1 aliphatic rings. The zero-order chi connectivity index (χ0) is 20.4. The fourth-order valence-corrected chi connectivity index (χ4v) is 3.88. The van der Waals surface area contributed by atoms with Crippen molar-refractivity contribution in [1.29, 1.82) is 0 Å². The Morgan fingerprint density at radius 1 is 1.00 bits per heavy atom. The second-order valence-electron chi connectivity index (χ2n) is 6.90. The normalized spacial score (nSPS) is 12.7. The third-order valence-electron chi connectivity index (χ3n) is 5.05. The Morgan fingerprint density at radius 2 is 1.83 bits per heavy atom. The van der Waals surface area contributed by atoms with Crippen LogP contribution in [-0.2, 0) is 6.42 Å². The molecule has 1 aliphatic heterocycles. The molecule has 0 bridgehead atoms. The van der Waals surface area contributed by atoms with E-state index in [4.69, 9.17) is 28.3 Å². The summed E-state index contributed by atoms with van der Waals surface area (Å²) in [7, 11) is 0. The fraction of sp³-hybridized carbons (Fsp3) is 0.174. The first kappa shape index (κ1) is 19.8. The SMILES string of the molecule is O=C(NCCO)c1cccc(-c2ccc3c(c2)N(c2ccc(Cl)c(Cl)c2)CC3)c1. The van der Waals surface area contributed by atoms with Gasteiger partial charge >= 0.3 is 0 Å². The Hall–Kier alpha value is -2.53. The van der Waals surface area contributed by atoms with Crippen LogP contribution in [0.15, 0.2) is 60.7 Å². The maximum Gasteiger partial charge on any atom is 0.251 e. The Bertz CT molecular complexity index is 1070. The number of rotatable bonds is 5. The minimum Gasteiger partial charge on any atom is -0.395 e. The summed E-state index contributed by atoms with van der Waals surface area (Å²) in [5.74, 6) is -0.195. The van der Waals surface area contributed by atoms with Gasteiger partial charge < -0.3 is 15.3 Å². The van der Waals surface area contributed by atoms with Crippen LogP contribution in [0.2, 0.25) is 10.0 Å². The van der Waals surface area contributed by atoms with Crippen LogP contribution in [0.1, 0.15) is 15.9 Å². The number of benzene rings is 3. The molecule has 4 nitrogen and oxygen atoms in total. The van der Waals surface area contributed by atoms with Crippen molar-refractivity contribution < 1.29 is 9.90 Å². The number of carbonyl (C=O) groups excluding carboxylic acids is 1. The van der Waals surface area contributed by atoms with Crippen molar-refractivity contribution in [3.8, 4) is 11.1 Å². The summed E-state index contributed by atoms with van der Waals surface area (Å²) < 4.78 is 0. The Balaban J connectivity index is 1.66. The lowest BCUT2D eigenvalue weighted by Gasteiger charge is -2.21. The average molecular weight is 427 g/mol. The first-order valence-corrected chi connectivity index (χ1v) is 10.2. The van der Waals surface area contributed by atoms with E-state index in [2.05, 4.69) is 28.4 Å². The van der Waals surface area contributed by atoms with Gasteiger partial charge in [-0.1, -0.05) is 47.5 Å². The number of aliphatic hydroxyl groups is 1. The highest BCUT2D eigenvalue weighted by Gasteiger charge is 2.21. The number of anilines is 2. The van der Waals surface area contributed by atoms with Crippen LogP contribution >= 0.6 is 23.2 Å². The predicted octanol–water partition coefficient (Wildman–Crippen LogP) is 5.08. The van der Waals surface area contributed by atoms with Crippen molar-refractivity contribution in [1.82, 2.24) is 5.32 Å².